The van der Waals surface area contributed by atoms with Crippen molar-refractivity contribution in [3.8, 4) is 5.69 Å². The molecule has 0 atom stereocenters. The summed E-state index contributed by atoms with van der Waals surface area (Å²) in [5, 5.41) is 0.427. The largest absolute Gasteiger partial charge is 0.443 e. The second kappa shape index (κ2) is 6.70. The second-order valence-electron chi connectivity index (χ2n) is 7.12. The number of nitrogens with zero attached hydrogens (tertiary/aromatic N) is 4. The smallest absolute Gasteiger partial charge is 0.335 e. The maximum absolute atomic E-state index is 13.0. The van der Waals surface area contributed by atoms with E-state index in [1.165, 1.54) is 22.5 Å². The summed E-state index contributed by atoms with van der Waals surface area (Å²) in [5.41, 5.74) is -1.07. The van der Waals surface area contributed by atoms with E-state index in [-0.39, 0.29) is 11.2 Å². The van der Waals surface area contributed by atoms with Gasteiger partial charge in [-0.2, -0.15) is 0 Å². The van der Waals surface area contributed by atoms with Crippen LogP contribution in [0.15, 0.2) is 40.2 Å². The lowest BCUT2D eigenvalue weighted by Crippen LogP contribution is -2.41. The minimum absolute atomic E-state index is 0.164. The summed E-state index contributed by atoms with van der Waals surface area (Å²) in [5.74, 6) is -0.517. The SMILES string of the molecule is Cn1c(=O)n(COC(=O)C(C)(C)C)c(=O)c2c1ncn2-c1ccccc1Cl. The second-order valence-corrected chi connectivity index (χ2v) is 7.53. The molecule has 3 rings (SSSR count). The third-order valence-corrected chi connectivity index (χ3v) is 4.40. The Balaban J connectivity index is 2.18. The zero-order chi connectivity index (χ0) is 19.9. The van der Waals surface area contributed by atoms with E-state index < -0.39 is 29.4 Å². The molecule has 9 heteroatoms. The molecule has 3 aromatic rings. The zero-order valence-electron chi connectivity index (χ0n) is 15.4. The van der Waals surface area contributed by atoms with E-state index in [0.29, 0.717) is 10.7 Å². The van der Waals surface area contributed by atoms with Crippen molar-refractivity contribution in [2.24, 2.45) is 12.5 Å². The van der Waals surface area contributed by atoms with Gasteiger partial charge in [0, 0.05) is 7.05 Å². The van der Waals surface area contributed by atoms with Gasteiger partial charge in [0.15, 0.2) is 17.9 Å². The van der Waals surface area contributed by atoms with Gasteiger partial charge in [0.25, 0.3) is 5.56 Å². The number of ether oxygens (including phenoxy) is 1. The molecule has 8 nitrogen and oxygen atoms in total. The Kier molecular flexibility index (Phi) is 4.69. The Labute approximate surface area is 159 Å². The van der Waals surface area contributed by atoms with Gasteiger partial charge < -0.3 is 4.74 Å². The molecule has 0 saturated carbocycles. The van der Waals surface area contributed by atoms with Gasteiger partial charge in [-0.05, 0) is 32.9 Å². The van der Waals surface area contributed by atoms with Crippen molar-refractivity contribution in [1.29, 1.82) is 0 Å². The lowest BCUT2D eigenvalue weighted by molar-refractivity contribution is -0.157. The van der Waals surface area contributed by atoms with Crippen LogP contribution in [0.3, 0.4) is 0 Å². The summed E-state index contributed by atoms with van der Waals surface area (Å²) in [6.07, 6.45) is 1.43. The number of hydrogen-bond donors (Lipinski definition) is 0. The molecule has 0 aliphatic heterocycles. The number of carbonyl (C=O) groups excluding carboxylic acids is 1. The Hall–Kier alpha value is -2.87. The molecule has 0 aliphatic rings. The van der Waals surface area contributed by atoms with Crippen LogP contribution in [0, 0.1) is 5.41 Å². The molecule has 0 fully saturated rings. The molecule has 2 heterocycles. The standard InChI is InChI=1S/C18H19ClN4O4/c1-18(2,3)16(25)27-10-23-15(24)13-14(21(4)17(23)26)20-9-22(13)12-8-6-5-7-11(12)19/h5-9H,10H2,1-4H3. The number of benzene rings is 1. The normalized spacial score (nSPS) is 11.7. The zero-order valence-corrected chi connectivity index (χ0v) is 16.1. The van der Waals surface area contributed by atoms with Gasteiger partial charge in [0.2, 0.25) is 0 Å². The van der Waals surface area contributed by atoms with Crippen LogP contribution in [-0.2, 0) is 23.3 Å². The van der Waals surface area contributed by atoms with Gasteiger partial charge in [0.1, 0.15) is 6.33 Å². The average molecular weight is 391 g/mol. The first kappa shape index (κ1) is 18.9. The van der Waals surface area contributed by atoms with Crippen molar-refractivity contribution in [3.63, 3.8) is 0 Å². The summed E-state index contributed by atoms with van der Waals surface area (Å²) in [7, 11) is 1.50. The fourth-order valence-electron chi connectivity index (χ4n) is 2.55. The van der Waals surface area contributed by atoms with E-state index in [4.69, 9.17) is 16.3 Å². The molecule has 0 unspecified atom stereocenters. The fourth-order valence-corrected chi connectivity index (χ4v) is 2.78. The third-order valence-electron chi connectivity index (χ3n) is 4.08. The Bertz CT molecular complexity index is 1150. The highest BCUT2D eigenvalue weighted by Gasteiger charge is 2.24. The van der Waals surface area contributed by atoms with Crippen LogP contribution in [-0.4, -0.2) is 24.7 Å². The van der Waals surface area contributed by atoms with E-state index >= 15 is 0 Å². The number of fused-ring (bicyclic) bond motifs is 1. The van der Waals surface area contributed by atoms with Crippen LogP contribution in [0.4, 0.5) is 0 Å². The molecule has 27 heavy (non-hydrogen) atoms. The van der Waals surface area contributed by atoms with Gasteiger partial charge in [-0.3, -0.25) is 18.7 Å². The molecule has 142 valence electrons. The number of aromatic nitrogens is 4. The van der Waals surface area contributed by atoms with E-state index in [9.17, 15) is 14.4 Å². The van der Waals surface area contributed by atoms with Crippen molar-refractivity contribution in [3.05, 3.63) is 56.5 Å². The maximum atomic E-state index is 13.0. The summed E-state index contributed by atoms with van der Waals surface area (Å²) < 4.78 is 8.77. The van der Waals surface area contributed by atoms with Crippen molar-refractivity contribution in [1.82, 2.24) is 18.7 Å². The van der Waals surface area contributed by atoms with E-state index in [0.717, 1.165) is 4.57 Å². The monoisotopic (exact) mass is 390 g/mol. The van der Waals surface area contributed by atoms with Crippen molar-refractivity contribution < 1.29 is 9.53 Å². The van der Waals surface area contributed by atoms with Gasteiger partial charge in [-0.1, -0.05) is 23.7 Å². The Morgan fingerprint density at radius 1 is 1.22 bits per heavy atom. The van der Waals surface area contributed by atoms with Crippen LogP contribution in [0.5, 0.6) is 0 Å². The van der Waals surface area contributed by atoms with Crippen LogP contribution in [0.25, 0.3) is 16.9 Å². The molecule has 0 aliphatic carbocycles. The van der Waals surface area contributed by atoms with E-state index in [1.807, 2.05) is 0 Å². The molecule has 1 aromatic carbocycles. The van der Waals surface area contributed by atoms with Crippen molar-refractivity contribution >= 4 is 28.7 Å². The number of aryl methyl sites for hydroxylation is 1. The number of rotatable bonds is 3. The average Bonchev–Trinajstić information content (AvgIpc) is 3.04. The summed E-state index contributed by atoms with van der Waals surface area (Å²) in [6, 6.07) is 6.97. The number of halogens is 1. The van der Waals surface area contributed by atoms with Crippen LogP contribution in [0.1, 0.15) is 20.8 Å². The predicted molar refractivity (Wildman–Crippen MR) is 101 cm³/mol. The predicted octanol–water partition coefficient (Wildman–Crippen LogP) is 2.09. The molecule has 0 amide bonds. The first-order valence-corrected chi connectivity index (χ1v) is 8.59. The topological polar surface area (TPSA) is 88.1 Å². The summed E-state index contributed by atoms with van der Waals surface area (Å²) in [6.45, 7) is 4.58. The lowest BCUT2D eigenvalue weighted by Gasteiger charge is -2.17. The molecule has 2 aromatic heterocycles. The van der Waals surface area contributed by atoms with Gasteiger partial charge in [0.05, 0.1) is 16.1 Å². The summed E-state index contributed by atoms with van der Waals surface area (Å²) in [4.78, 5) is 41.7. The highest BCUT2D eigenvalue weighted by molar-refractivity contribution is 6.32. The number of esters is 1. The van der Waals surface area contributed by atoms with Crippen LogP contribution in [0.2, 0.25) is 5.02 Å². The summed E-state index contributed by atoms with van der Waals surface area (Å²) >= 11 is 6.24. The minimum atomic E-state index is -0.752. The van der Waals surface area contributed by atoms with Gasteiger partial charge >= 0.3 is 11.7 Å². The van der Waals surface area contributed by atoms with E-state index in [2.05, 4.69) is 4.98 Å². The highest BCUT2D eigenvalue weighted by atomic mass is 35.5. The van der Waals surface area contributed by atoms with Gasteiger partial charge in [-0.15, -0.1) is 0 Å². The molecular weight excluding hydrogens is 372 g/mol. The number of para-hydroxylation sites is 1. The highest BCUT2D eigenvalue weighted by Crippen LogP contribution is 2.22. The third kappa shape index (κ3) is 3.28. The number of carbonyl (C=O) groups is 1. The Morgan fingerprint density at radius 3 is 2.52 bits per heavy atom. The van der Waals surface area contributed by atoms with E-state index in [1.54, 1.807) is 45.0 Å². The van der Waals surface area contributed by atoms with Crippen LogP contribution >= 0.6 is 11.6 Å². The molecule has 0 spiro atoms. The minimum Gasteiger partial charge on any atom is -0.443 e. The van der Waals surface area contributed by atoms with Crippen LogP contribution < -0.4 is 11.2 Å². The van der Waals surface area contributed by atoms with Crippen molar-refractivity contribution in [2.45, 2.75) is 27.5 Å². The molecule has 0 saturated heterocycles. The lowest BCUT2D eigenvalue weighted by atomic mass is 9.98. The number of imidazole rings is 1. The van der Waals surface area contributed by atoms with Crippen molar-refractivity contribution in [2.75, 3.05) is 0 Å². The first-order valence-electron chi connectivity index (χ1n) is 8.22. The Morgan fingerprint density at radius 2 is 1.89 bits per heavy atom. The molecule has 0 radical (unpaired) electrons. The number of hydrogen-bond acceptors (Lipinski definition) is 5. The molecule has 0 bridgehead atoms. The van der Waals surface area contributed by atoms with Gasteiger partial charge in [-0.25, -0.2) is 14.3 Å². The first-order chi connectivity index (χ1) is 12.6. The molecular formula is C18H19ClN4O4. The fraction of sp³-hybridized carbons (Fsp3) is 0.333. The maximum Gasteiger partial charge on any atom is 0.335 e. The molecule has 0 N–H and O–H groups in total. The quantitative estimate of drug-likeness (QED) is 0.639.